The van der Waals surface area contributed by atoms with Crippen LogP contribution < -0.4 is 0 Å². The number of aromatic nitrogens is 4. The minimum Gasteiger partial charge on any atom is -0.416 e. The van der Waals surface area contributed by atoms with Gasteiger partial charge in [-0.2, -0.15) is 0 Å². The van der Waals surface area contributed by atoms with Gasteiger partial charge in [0.05, 0.1) is 26.6 Å². The number of H-pyrrole nitrogens is 1. The number of fused-ring (bicyclic) bond motifs is 1. The zero-order valence-electron chi connectivity index (χ0n) is 15.3. The van der Waals surface area contributed by atoms with Crippen molar-refractivity contribution in [3.63, 3.8) is 0 Å². The van der Waals surface area contributed by atoms with Gasteiger partial charge in [-0.1, -0.05) is 47.0 Å². The maximum atomic E-state index is 6.31. The smallest absolute Gasteiger partial charge is 0.248 e. The molecule has 0 aliphatic rings. The Kier molecular flexibility index (Phi) is 4.34. The number of hydrogen-bond donors (Lipinski definition) is 1. The first kappa shape index (κ1) is 17.9. The molecule has 0 aliphatic carbocycles. The van der Waals surface area contributed by atoms with Crippen molar-refractivity contribution in [2.75, 3.05) is 0 Å². The number of nitrogens with one attached hydrogen (secondary N) is 1. The van der Waals surface area contributed by atoms with Crippen LogP contribution in [0.5, 0.6) is 0 Å². The van der Waals surface area contributed by atoms with Crippen molar-refractivity contribution in [3.8, 4) is 34.3 Å². The summed E-state index contributed by atoms with van der Waals surface area (Å²) in [5, 5.41) is 9.44. The second kappa shape index (κ2) is 7.03. The van der Waals surface area contributed by atoms with Crippen LogP contribution in [0.3, 0.4) is 0 Å². The standard InChI is InChI=1S/C22H14Cl2N4O/c1-12-5-7-13(8-6-12)21-27-28-22(29-21)14-9-10-17-18(11-14)26-20(25-17)19-15(23)3-2-4-16(19)24/h2-11H,1H3,(H,25,26). The van der Waals surface area contributed by atoms with Gasteiger partial charge in [0.25, 0.3) is 0 Å². The van der Waals surface area contributed by atoms with E-state index in [-0.39, 0.29) is 0 Å². The van der Waals surface area contributed by atoms with Crippen LogP contribution in [0.15, 0.2) is 65.1 Å². The molecule has 2 heterocycles. The summed E-state index contributed by atoms with van der Waals surface area (Å²) >= 11 is 12.6. The molecule has 3 aromatic carbocycles. The van der Waals surface area contributed by atoms with Crippen LogP contribution in [-0.4, -0.2) is 20.2 Å². The summed E-state index contributed by atoms with van der Waals surface area (Å²) in [5.41, 5.74) is 5.14. The molecule has 29 heavy (non-hydrogen) atoms. The first-order valence-electron chi connectivity index (χ1n) is 8.93. The highest BCUT2D eigenvalue weighted by Crippen LogP contribution is 2.34. The predicted octanol–water partition coefficient (Wildman–Crippen LogP) is 6.56. The lowest BCUT2D eigenvalue weighted by atomic mass is 10.1. The molecule has 0 fully saturated rings. The molecule has 5 nitrogen and oxygen atoms in total. The Morgan fingerprint density at radius 1 is 0.828 bits per heavy atom. The van der Waals surface area contributed by atoms with Crippen LogP contribution in [0.25, 0.3) is 45.3 Å². The van der Waals surface area contributed by atoms with E-state index in [0.29, 0.717) is 33.2 Å². The van der Waals surface area contributed by atoms with Gasteiger partial charge in [0.1, 0.15) is 5.82 Å². The van der Waals surface area contributed by atoms with E-state index in [1.54, 1.807) is 18.2 Å². The average Bonchev–Trinajstić information content (AvgIpc) is 3.35. The monoisotopic (exact) mass is 420 g/mol. The summed E-state index contributed by atoms with van der Waals surface area (Å²) in [7, 11) is 0. The molecule has 1 N–H and O–H groups in total. The number of benzene rings is 3. The Morgan fingerprint density at radius 2 is 1.48 bits per heavy atom. The number of imidazole rings is 1. The molecule has 5 aromatic rings. The van der Waals surface area contributed by atoms with E-state index in [1.165, 1.54) is 5.56 Å². The lowest BCUT2D eigenvalue weighted by Crippen LogP contribution is -1.83. The fourth-order valence-corrected chi connectivity index (χ4v) is 3.71. The number of hydrogen-bond acceptors (Lipinski definition) is 4. The summed E-state index contributed by atoms with van der Waals surface area (Å²) in [6, 6.07) is 19.0. The van der Waals surface area contributed by atoms with Gasteiger partial charge < -0.3 is 9.40 Å². The third kappa shape index (κ3) is 3.28. The minimum absolute atomic E-state index is 0.439. The third-order valence-corrected chi connectivity index (χ3v) is 5.28. The van der Waals surface area contributed by atoms with Crippen LogP contribution in [0, 0.1) is 6.92 Å². The predicted molar refractivity (Wildman–Crippen MR) is 115 cm³/mol. The first-order chi connectivity index (χ1) is 14.1. The minimum atomic E-state index is 0.439. The third-order valence-electron chi connectivity index (χ3n) is 4.65. The maximum Gasteiger partial charge on any atom is 0.248 e. The van der Waals surface area contributed by atoms with Crippen LogP contribution in [0.1, 0.15) is 5.56 Å². The fraction of sp³-hybridized carbons (Fsp3) is 0.0455. The van der Waals surface area contributed by atoms with E-state index >= 15 is 0 Å². The summed E-state index contributed by atoms with van der Waals surface area (Å²) in [5.74, 6) is 1.53. The Balaban J connectivity index is 1.53. The Labute approximate surface area is 176 Å². The van der Waals surface area contributed by atoms with Crippen molar-refractivity contribution in [1.29, 1.82) is 0 Å². The highest BCUT2D eigenvalue weighted by atomic mass is 35.5. The molecule has 142 valence electrons. The number of nitrogens with zero attached hydrogens (tertiary/aromatic N) is 3. The van der Waals surface area contributed by atoms with Crippen LogP contribution in [0.4, 0.5) is 0 Å². The van der Waals surface area contributed by atoms with E-state index in [0.717, 1.165) is 22.2 Å². The molecule has 2 aromatic heterocycles. The van der Waals surface area contributed by atoms with E-state index in [1.807, 2.05) is 49.4 Å². The SMILES string of the molecule is Cc1ccc(-c2nnc(-c3ccc4nc(-c5c(Cl)cccc5Cl)[nH]c4c3)o2)cc1. The van der Waals surface area contributed by atoms with Crippen molar-refractivity contribution in [2.24, 2.45) is 0 Å². The molecule has 0 bridgehead atoms. The van der Waals surface area contributed by atoms with Gasteiger partial charge >= 0.3 is 0 Å². The highest BCUT2D eigenvalue weighted by molar-refractivity contribution is 6.39. The van der Waals surface area contributed by atoms with Crippen molar-refractivity contribution in [3.05, 3.63) is 76.3 Å². The largest absolute Gasteiger partial charge is 0.416 e. The summed E-state index contributed by atoms with van der Waals surface area (Å²) in [4.78, 5) is 7.89. The number of rotatable bonds is 3. The summed E-state index contributed by atoms with van der Waals surface area (Å²) in [6.07, 6.45) is 0. The number of halogens is 2. The van der Waals surface area contributed by atoms with Crippen molar-refractivity contribution in [1.82, 2.24) is 20.2 Å². The summed E-state index contributed by atoms with van der Waals surface area (Å²) in [6.45, 7) is 2.03. The lowest BCUT2D eigenvalue weighted by molar-refractivity contribution is 0.584. The molecule has 0 saturated heterocycles. The van der Waals surface area contributed by atoms with Crippen LogP contribution in [0.2, 0.25) is 10.0 Å². The average molecular weight is 421 g/mol. The van der Waals surface area contributed by atoms with Crippen LogP contribution in [-0.2, 0) is 0 Å². The second-order valence-electron chi connectivity index (χ2n) is 6.69. The number of aryl methyl sites for hydroxylation is 1. The van der Waals surface area contributed by atoms with E-state index in [9.17, 15) is 0 Å². The van der Waals surface area contributed by atoms with Gasteiger partial charge in [0, 0.05) is 11.1 Å². The molecule has 0 saturated carbocycles. The maximum absolute atomic E-state index is 6.31. The molecule has 7 heteroatoms. The zero-order valence-corrected chi connectivity index (χ0v) is 16.8. The van der Waals surface area contributed by atoms with E-state index in [4.69, 9.17) is 27.6 Å². The van der Waals surface area contributed by atoms with Gasteiger partial charge in [-0.3, -0.25) is 0 Å². The fourth-order valence-electron chi connectivity index (χ4n) is 3.14. The molecule has 0 unspecified atom stereocenters. The normalized spacial score (nSPS) is 11.3. The van der Waals surface area contributed by atoms with Gasteiger partial charge in [0.2, 0.25) is 11.8 Å². The molecule has 5 rings (SSSR count). The molecule has 0 spiro atoms. The summed E-state index contributed by atoms with van der Waals surface area (Å²) < 4.78 is 5.88. The van der Waals surface area contributed by atoms with E-state index < -0.39 is 0 Å². The van der Waals surface area contributed by atoms with Crippen molar-refractivity contribution < 1.29 is 4.42 Å². The second-order valence-corrected chi connectivity index (χ2v) is 7.51. The Morgan fingerprint density at radius 3 is 2.21 bits per heavy atom. The molecule has 0 atom stereocenters. The lowest BCUT2D eigenvalue weighted by Gasteiger charge is -2.02. The van der Waals surface area contributed by atoms with Crippen molar-refractivity contribution in [2.45, 2.75) is 6.92 Å². The Hall–Kier alpha value is -3.15. The first-order valence-corrected chi connectivity index (χ1v) is 9.69. The van der Waals surface area contributed by atoms with E-state index in [2.05, 4.69) is 20.2 Å². The van der Waals surface area contributed by atoms with Crippen molar-refractivity contribution >= 4 is 34.2 Å². The topological polar surface area (TPSA) is 67.6 Å². The van der Waals surface area contributed by atoms with Gasteiger partial charge in [-0.15, -0.1) is 10.2 Å². The highest BCUT2D eigenvalue weighted by Gasteiger charge is 2.15. The molecular weight excluding hydrogens is 407 g/mol. The molecular formula is C22H14Cl2N4O. The molecule has 0 amide bonds. The molecule has 0 aliphatic heterocycles. The zero-order chi connectivity index (χ0) is 20.0. The van der Waals surface area contributed by atoms with Gasteiger partial charge in [-0.25, -0.2) is 4.98 Å². The van der Waals surface area contributed by atoms with Gasteiger partial charge in [-0.05, 0) is 49.4 Å². The number of aromatic amines is 1. The molecule has 0 radical (unpaired) electrons. The van der Waals surface area contributed by atoms with Crippen LogP contribution >= 0.6 is 23.2 Å². The quantitative estimate of drug-likeness (QED) is 0.358. The Bertz CT molecular complexity index is 1320. The van der Waals surface area contributed by atoms with Gasteiger partial charge in [0.15, 0.2) is 0 Å².